The van der Waals surface area contributed by atoms with E-state index in [2.05, 4.69) is 91.0 Å². The van der Waals surface area contributed by atoms with Crippen LogP contribution < -0.4 is 5.30 Å². The van der Waals surface area contributed by atoms with Crippen molar-refractivity contribution >= 4 is 13.2 Å². The zero-order valence-corrected chi connectivity index (χ0v) is 14.1. The molecule has 0 spiro atoms. The second-order valence-electron chi connectivity index (χ2n) is 6.17. The first-order valence-electron chi connectivity index (χ1n) is 8.37. The third-order valence-corrected chi connectivity index (χ3v) is 8.16. The molecule has 0 radical (unpaired) electrons. The van der Waals surface area contributed by atoms with E-state index in [1.807, 2.05) is 0 Å². The van der Waals surface area contributed by atoms with E-state index < -0.39 is 0 Å². The predicted molar refractivity (Wildman–Crippen MR) is 101 cm³/mol. The summed E-state index contributed by atoms with van der Waals surface area (Å²) in [5.41, 5.74) is 4.39. The highest BCUT2D eigenvalue weighted by molar-refractivity contribution is 7.66. The Bertz CT molecular complexity index is 689. The van der Waals surface area contributed by atoms with Gasteiger partial charge >= 0.3 is 0 Å². The summed E-state index contributed by atoms with van der Waals surface area (Å²) in [6.07, 6.45) is 2.59. The molecule has 0 aromatic heterocycles. The molecular weight excluding hydrogens is 295 g/mol. The fourth-order valence-corrected chi connectivity index (χ4v) is 7.29. The van der Waals surface area contributed by atoms with Crippen molar-refractivity contribution in [1.82, 2.24) is 0 Å². The van der Waals surface area contributed by atoms with E-state index >= 15 is 0 Å². The molecule has 114 valence electrons. The van der Waals surface area contributed by atoms with Gasteiger partial charge in [0.15, 0.2) is 0 Å². The molecule has 0 nitrogen and oxygen atoms in total. The Labute approximate surface area is 139 Å². The highest BCUT2D eigenvalue weighted by Crippen LogP contribution is 2.69. The molecule has 0 N–H and O–H groups in total. The number of rotatable bonds is 3. The largest absolute Gasteiger partial charge is 0.0622 e. The first-order valence-corrected chi connectivity index (χ1v) is 9.85. The molecule has 0 amide bonds. The molecule has 1 aliphatic rings. The lowest BCUT2D eigenvalue weighted by molar-refractivity contribution is 0.765. The van der Waals surface area contributed by atoms with Crippen LogP contribution in [0.4, 0.5) is 0 Å². The Morgan fingerprint density at radius 2 is 0.913 bits per heavy atom. The van der Waals surface area contributed by atoms with Gasteiger partial charge in [-0.3, -0.25) is 0 Å². The topological polar surface area (TPSA) is 0 Å². The van der Waals surface area contributed by atoms with Crippen molar-refractivity contribution in [2.45, 2.75) is 24.2 Å². The monoisotopic (exact) mass is 316 g/mol. The Morgan fingerprint density at radius 3 is 1.35 bits per heavy atom. The highest BCUT2D eigenvalue weighted by Gasteiger charge is 2.38. The maximum atomic E-state index is 2.34. The smallest absolute Gasteiger partial charge is 0.00877 e. The molecule has 23 heavy (non-hydrogen) atoms. The quantitative estimate of drug-likeness (QED) is 0.514. The van der Waals surface area contributed by atoms with Crippen LogP contribution in [0.25, 0.3) is 0 Å². The number of benzene rings is 3. The van der Waals surface area contributed by atoms with Crippen molar-refractivity contribution in [3.05, 3.63) is 102 Å². The highest BCUT2D eigenvalue weighted by atomic mass is 31.1. The fraction of sp³-hybridized carbons (Fsp3) is 0.182. The summed E-state index contributed by atoms with van der Waals surface area (Å²) in [5.74, 6) is 0. The van der Waals surface area contributed by atoms with Crippen LogP contribution in [0.3, 0.4) is 0 Å². The van der Waals surface area contributed by atoms with E-state index in [1.165, 1.54) is 24.0 Å². The van der Waals surface area contributed by atoms with Gasteiger partial charge in [0, 0.05) is 11.3 Å². The SMILES string of the molecule is c1ccc([C@H]2CC[C@H](c3ccccc3)P2c2ccccc2)cc1. The summed E-state index contributed by atoms with van der Waals surface area (Å²) in [7, 11) is -0.220. The molecule has 1 aliphatic heterocycles. The first kappa shape index (κ1) is 14.7. The second kappa shape index (κ2) is 6.69. The molecule has 1 fully saturated rings. The zero-order chi connectivity index (χ0) is 15.5. The van der Waals surface area contributed by atoms with Crippen LogP contribution in [0, 0.1) is 0 Å². The summed E-state index contributed by atoms with van der Waals surface area (Å²) in [4.78, 5) is 0. The third-order valence-electron chi connectivity index (χ3n) is 4.81. The van der Waals surface area contributed by atoms with Gasteiger partial charge in [-0.05, 0) is 29.3 Å². The van der Waals surface area contributed by atoms with E-state index in [4.69, 9.17) is 0 Å². The summed E-state index contributed by atoms with van der Waals surface area (Å²) >= 11 is 0. The predicted octanol–water partition coefficient (Wildman–Crippen LogP) is 6.07. The first-order chi connectivity index (χ1) is 11.4. The standard InChI is InChI=1S/C22H21P/c1-4-10-18(11-5-1)21-16-17-22(19-12-6-2-7-13-19)23(21)20-14-8-3-9-15-20/h1-15,21-22H,16-17H2/t21-,22-/m1/s1. The Balaban J connectivity index is 1.77. The lowest BCUT2D eigenvalue weighted by Crippen LogP contribution is -2.07. The lowest BCUT2D eigenvalue weighted by atomic mass is 10.0. The molecule has 1 saturated heterocycles. The van der Waals surface area contributed by atoms with Crippen LogP contribution in [-0.4, -0.2) is 0 Å². The van der Waals surface area contributed by atoms with Crippen LogP contribution in [0.5, 0.6) is 0 Å². The van der Waals surface area contributed by atoms with Crippen LogP contribution in [0.1, 0.15) is 35.3 Å². The summed E-state index contributed by atoms with van der Waals surface area (Å²) in [6.45, 7) is 0. The Kier molecular flexibility index (Phi) is 4.26. The van der Waals surface area contributed by atoms with Gasteiger partial charge in [-0.2, -0.15) is 0 Å². The van der Waals surface area contributed by atoms with Crippen LogP contribution in [-0.2, 0) is 0 Å². The Morgan fingerprint density at radius 1 is 0.522 bits per heavy atom. The average molecular weight is 316 g/mol. The Hall–Kier alpha value is -1.91. The third kappa shape index (κ3) is 2.96. The number of hydrogen-bond acceptors (Lipinski definition) is 0. The molecule has 0 unspecified atom stereocenters. The normalized spacial score (nSPS) is 21.4. The molecule has 3 aromatic carbocycles. The van der Waals surface area contributed by atoms with Gasteiger partial charge in [0.05, 0.1) is 0 Å². The van der Waals surface area contributed by atoms with E-state index in [0.29, 0.717) is 11.3 Å². The van der Waals surface area contributed by atoms with Crippen molar-refractivity contribution < 1.29 is 0 Å². The van der Waals surface area contributed by atoms with E-state index in [0.717, 1.165) is 0 Å². The summed E-state index contributed by atoms with van der Waals surface area (Å²) < 4.78 is 0. The van der Waals surface area contributed by atoms with Crippen LogP contribution in [0.15, 0.2) is 91.0 Å². The molecule has 1 heteroatoms. The minimum atomic E-state index is -0.220. The van der Waals surface area contributed by atoms with E-state index in [9.17, 15) is 0 Å². The minimum absolute atomic E-state index is 0.220. The van der Waals surface area contributed by atoms with Crippen molar-refractivity contribution in [1.29, 1.82) is 0 Å². The van der Waals surface area contributed by atoms with Crippen molar-refractivity contribution in [3.63, 3.8) is 0 Å². The number of hydrogen-bond donors (Lipinski definition) is 0. The molecule has 4 rings (SSSR count). The van der Waals surface area contributed by atoms with Gasteiger partial charge in [-0.1, -0.05) is 98.9 Å². The molecule has 1 heterocycles. The van der Waals surface area contributed by atoms with E-state index in [1.54, 1.807) is 5.30 Å². The van der Waals surface area contributed by atoms with Gasteiger partial charge in [0.2, 0.25) is 0 Å². The fourth-order valence-electron chi connectivity index (χ4n) is 3.78. The molecule has 0 saturated carbocycles. The molecule has 0 bridgehead atoms. The maximum absolute atomic E-state index is 2.34. The zero-order valence-electron chi connectivity index (χ0n) is 13.2. The average Bonchev–Trinajstić information content (AvgIpc) is 3.09. The minimum Gasteiger partial charge on any atom is -0.0622 e. The van der Waals surface area contributed by atoms with Gasteiger partial charge in [-0.15, -0.1) is 0 Å². The molecule has 3 aromatic rings. The molecule has 2 atom stereocenters. The van der Waals surface area contributed by atoms with Crippen molar-refractivity contribution in [2.24, 2.45) is 0 Å². The van der Waals surface area contributed by atoms with E-state index in [-0.39, 0.29) is 7.92 Å². The van der Waals surface area contributed by atoms with Gasteiger partial charge in [0.1, 0.15) is 0 Å². The lowest BCUT2D eigenvalue weighted by Gasteiger charge is -2.27. The molecule has 0 aliphatic carbocycles. The van der Waals surface area contributed by atoms with Crippen LogP contribution >= 0.6 is 7.92 Å². The van der Waals surface area contributed by atoms with Crippen LogP contribution in [0.2, 0.25) is 0 Å². The summed E-state index contributed by atoms with van der Waals surface area (Å²) in [5, 5.41) is 1.54. The van der Waals surface area contributed by atoms with Crippen molar-refractivity contribution in [2.75, 3.05) is 0 Å². The van der Waals surface area contributed by atoms with Gasteiger partial charge in [-0.25, -0.2) is 0 Å². The van der Waals surface area contributed by atoms with Crippen molar-refractivity contribution in [3.8, 4) is 0 Å². The summed E-state index contributed by atoms with van der Waals surface area (Å²) in [6, 6.07) is 33.4. The van der Waals surface area contributed by atoms with Gasteiger partial charge in [0.25, 0.3) is 0 Å². The molecular formula is C22H21P. The maximum Gasteiger partial charge on any atom is 0.00877 e. The van der Waals surface area contributed by atoms with Gasteiger partial charge < -0.3 is 0 Å². The second-order valence-corrected chi connectivity index (χ2v) is 8.75.